The second-order valence-corrected chi connectivity index (χ2v) is 7.32. The van der Waals surface area contributed by atoms with Crippen molar-refractivity contribution in [2.75, 3.05) is 0 Å². The van der Waals surface area contributed by atoms with Gasteiger partial charge in [-0.1, -0.05) is 72.8 Å². The molecule has 1 heteroatoms. The number of hydrogen-bond donors (Lipinski definition) is 0. The fourth-order valence-corrected chi connectivity index (χ4v) is 4.90. The molecule has 0 radical (unpaired) electrons. The largest absolute Gasteiger partial charge is 0.298 e. The van der Waals surface area contributed by atoms with Crippen molar-refractivity contribution < 1.29 is 4.79 Å². The van der Waals surface area contributed by atoms with Gasteiger partial charge in [-0.3, -0.25) is 4.79 Å². The van der Waals surface area contributed by atoms with E-state index in [0.717, 1.165) is 28.0 Å². The molecular weight excluding hydrogens is 328 g/mol. The molecule has 0 saturated carbocycles. The van der Waals surface area contributed by atoms with Crippen LogP contribution in [0.4, 0.5) is 0 Å². The van der Waals surface area contributed by atoms with Crippen LogP contribution in [0.5, 0.6) is 0 Å². The molecule has 1 nitrogen and oxygen atoms in total. The quantitative estimate of drug-likeness (QED) is 0.178. The zero-order chi connectivity index (χ0) is 18.1. The fourth-order valence-electron chi connectivity index (χ4n) is 4.90. The Kier molecular flexibility index (Phi) is 2.75. The lowest BCUT2D eigenvalue weighted by Gasteiger charge is -2.18. The van der Waals surface area contributed by atoms with Gasteiger partial charge in [0.2, 0.25) is 0 Å². The van der Waals surface area contributed by atoms with Gasteiger partial charge in [0.1, 0.15) is 0 Å². The van der Waals surface area contributed by atoms with E-state index in [9.17, 15) is 4.79 Å². The molecule has 0 N–H and O–H groups in total. The van der Waals surface area contributed by atoms with Crippen molar-refractivity contribution in [3.8, 4) is 0 Å². The van der Waals surface area contributed by atoms with E-state index in [1.165, 1.54) is 43.3 Å². The number of rotatable bonds is 1. The summed E-state index contributed by atoms with van der Waals surface area (Å²) < 4.78 is 0. The molecule has 0 aliphatic rings. The molecule has 0 aliphatic heterocycles. The first-order valence-electron chi connectivity index (χ1n) is 9.25. The Balaban J connectivity index is 2.04. The second-order valence-electron chi connectivity index (χ2n) is 7.32. The molecule has 0 bridgehead atoms. The third-order valence-corrected chi connectivity index (χ3v) is 6.10. The Bertz CT molecular complexity index is 1540. The summed E-state index contributed by atoms with van der Waals surface area (Å²) in [5.74, 6) is 0. The summed E-state index contributed by atoms with van der Waals surface area (Å²) in [5.41, 5.74) is 2.09. The van der Waals surface area contributed by atoms with Crippen LogP contribution in [0.25, 0.3) is 53.9 Å². The number of aldehydes is 1. The van der Waals surface area contributed by atoms with Crippen LogP contribution in [-0.4, -0.2) is 6.29 Å². The first-order chi connectivity index (χ1) is 13.3. The molecule has 0 aromatic heterocycles. The van der Waals surface area contributed by atoms with Crippen LogP contribution in [0.1, 0.15) is 15.9 Å². The van der Waals surface area contributed by atoms with Crippen LogP contribution in [0, 0.1) is 6.92 Å². The van der Waals surface area contributed by atoms with Crippen molar-refractivity contribution in [1.29, 1.82) is 0 Å². The molecule has 0 aliphatic carbocycles. The van der Waals surface area contributed by atoms with Gasteiger partial charge in [0, 0.05) is 5.56 Å². The summed E-state index contributed by atoms with van der Waals surface area (Å²) in [7, 11) is 0. The zero-order valence-electron chi connectivity index (χ0n) is 14.9. The van der Waals surface area contributed by atoms with Crippen LogP contribution in [0.2, 0.25) is 0 Å². The van der Waals surface area contributed by atoms with E-state index in [2.05, 4.69) is 61.5 Å². The number of benzene rings is 6. The normalized spacial score (nSPS) is 12.0. The zero-order valence-corrected chi connectivity index (χ0v) is 14.9. The van der Waals surface area contributed by atoms with E-state index in [4.69, 9.17) is 0 Å². The lowest BCUT2D eigenvalue weighted by atomic mass is 9.85. The Morgan fingerprint density at radius 1 is 0.519 bits per heavy atom. The predicted molar refractivity (Wildman–Crippen MR) is 115 cm³/mol. The lowest BCUT2D eigenvalue weighted by Crippen LogP contribution is -1.94. The number of carbonyl (C=O) groups excluding carboxylic acids is 1. The van der Waals surface area contributed by atoms with Gasteiger partial charge in [0.25, 0.3) is 0 Å². The molecule has 0 heterocycles. The first kappa shape index (κ1) is 14.7. The lowest BCUT2D eigenvalue weighted by molar-refractivity contribution is 0.112. The molecule has 27 heavy (non-hydrogen) atoms. The highest BCUT2D eigenvalue weighted by atomic mass is 16.1. The van der Waals surface area contributed by atoms with E-state index in [0.29, 0.717) is 0 Å². The van der Waals surface area contributed by atoms with Crippen molar-refractivity contribution in [3.63, 3.8) is 0 Å². The van der Waals surface area contributed by atoms with Crippen molar-refractivity contribution in [1.82, 2.24) is 0 Å². The van der Waals surface area contributed by atoms with E-state index < -0.39 is 0 Å². The standard InChI is InChI=1S/C26H16O/c1-15-16-6-2-3-7-18(16)21-12-13-22-19-8-4-5-9-20(19)24(14-27)23-11-10-17(15)25(21)26(22)23/h2-14H,1H3. The van der Waals surface area contributed by atoms with E-state index >= 15 is 0 Å². The van der Waals surface area contributed by atoms with Crippen molar-refractivity contribution in [2.24, 2.45) is 0 Å². The molecule has 0 fully saturated rings. The molecule has 0 atom stereocenters. The summed E-state index contributed by atoms with van der Waals surface area (Å²) in [6.45, 7) is 2.20. The molecule has 0 amide bonds. The van der Waals surface area contributed by atoms with E-state index in [1.54, 1.807) is 0 Å². The van der Waals surface area contributed by atoms with Gasteiger partial charge in [-0.15, -0.1) is 0 Å². The third-order valence-electron chi connectivity index (χ3n) is 6.10. The summed E-state index contributed by atoms with van der Waals surface area (Å²) in [4.78, 5) is 12.0. The van der Waals surface area contributed by atoms with Crippen molar-refractivity contribution in [2.45, 2.75) is 6.92 Å². The first-order valence-corrected chi connectivity index (χ1v) is 9.25. The number of aryl methyl sites for hydroxylation is 1. The Morgan fingerprint density at radius 2 is 1.00 bits per heavy atom. The maximum absolute atomic E-state index is 12.0. The summed E-state index contributed by atoms with van der Waals surface area (Å²) in [6, 6.07) is 25.6. The minimum Gasteiger partial charge on any atom is -0.298 e. The van der Waals surface area contributed by atoms with Gasteiger partial charge in [0.15, 0.2) is 6.29 Å². The highest BCUT2D eigenvalue weighted by Gasteiger charge is 2.17. The average Bonchev–Trinajstić information content (AvgIpc) is 2.73. The van der Waals surface area contributed by atoms with Crippen LogP contribution in [0.15, 0.2) is 72.8 Å². The molecule has 6 aromatic carbocycles. The summed E-state index contributed by atoms with van der Waals surface area (Å²) in [6.07, 6.45) is 1.01. The van der Waals surface area contributed by atoms with E-state index in [1.807, 2.05) is 18.2 Å². The van der Waals surface area contributed by atoms with Gasteiger partial charge in [-0.05, 0) is 66.3 Å². The van der Waals surface area contributed by atoms with E-state index in [-0.39, 0.29) is 0 Å². The maximum Gasteiger partial charge on any atom is 0.151 e. The second kappa shape index (κ2) is 5.05. The number of hydrogen-bond acceptors (Lipinski definition) is 1. The predicted octanol–water partition coefficient (Wildman–Crippen LogP) is 7.01. The van der Waals surface area contributed by atoms with Crippen molar-refractivity contribution >= 4 is 60.1 Å². The highest BCUT2D eigenvalue weighted by Crippen LogP contribution is 2.43. The molecule has 126 valence electrons. The topological polar surface area (TPSA) is 17.1 Å². The monoisotopic (exact) mass is 344 g/mol. The van der Waals surface area contributed by atoms with Gasteiger partial charge in [-0.2, -0.15) is 0 Å². The van der Waals surface area contributed by atoms with Gasteiger partial charge in [-0.25, -0.2) is 0 Å². The van der Waals surface area contributed by atoms with Gasteiger partial charge in [0.05, 0.1) is 0 Å². The van der Waals surface area contributed by atoms with Crippen LogP contribution in [0.3, 0.4) is 0 Å². The molecule has 0 spiro atoms. The molecule has 0 unspecified atom stereocenters. The summed E-state index contributed by atoms with van der Waals surface area (Å²) in [5, 5.41) is 12.0. The van der Waals surface area contributed by atoms with Gasteiger partial charge < -0.3 is 0 Å². The minimum absolute atomic E-state index is 0.790. The van der Waals surface area contributed by atoms with Crippen molar-refractivity contribution in [3.05, 3.63) is 83.9 Å². The minimum atomic E-state index is 0.790. The van der Waals surface area contributed by atoms with Crippen LogP contribution >= 0.6 is 0 Å². The maximum atomic E-state index is 12.0. The number of fused-ring (bicyclic) bond motifs is 4. The SMILES string of the molecule is Cc1c2ccccc2c2ccc3c4ccccc4c(C=O)c4ccc1c2c43. The van der Waals surface area contributed by atoms with Gasteiger partial charge >= 0.3 is 0 Å². The third kappa shape index (κ3) is 1.71. The Labute approximate surface area is 156 Å². The summed E-state index contributed by atoms with van der Waals surface area (Å²) >= 11 is 0. The highest BCUT2D eigenvalue weighted by molar-refractivity contribution is 6.36. The van der Waals surface area contributed by atoms with Crippen LogP contribution < -0.4 is 0 Å². The Morgan fingerprint density at radius 3 is 1.67 bits per heavy atom. The molecule has 0 saturated heterocycles. The molecular formula is C26H16O. The Hall–Kier alpha value is -3.45. The average molecular weight is 344 g/mol. The molecule has 6 aromatic rings. The fraction of sp³-hybridized carbons (Fsp3) is 0.0385. The smallest absolute Gasteiger partial charge is 0.151 e. The molecule has 6 rings (SSSR count). The van der Waals surface area contributed by atoms with Crippen LogP contribution in [-0.2, 0) is 0 Å². The number of carbonyl (C=O) groups is 1.